The minimum absolute atomic E-state index is 0.0373. The SMILES string of the molecule is CCN1C(=O)C(C)(C)COc2cc(NC(=O)c3cccc(C)c3)ccc21. The zero-order valence-electron chi connectivity index (χ0n) is 15.6. The quantitative estimate of drug-likeness (QED) is 0.908. The van der Waals surface area contributed by atoms with Gasteiger partial charge >= 0.3 is 0 Å². The van der Waals surface area contributed by atoms with E-state index in [1.165, 1.54) is 0 Å². The number of rotatable bonds is 3. The lowest BCUT2D eigenvalue weighted by atomic mass is 9.93. The van der Waals surface area contributed by atoms with E-state index in [0.717, 1.165) is 11.3 Å². The van der Waals surface area contributed by atoms with Crippen molar-refractivity contribution in [2.45, 2.75) is 27.7 Å². The third kappa shape index (κ3) is 3.43. The molecule has 26 heavy (non-hydrogen) atoms. The number of hydrogen-bond acceptors (Lipinski definition) is 3. The summed E-state index contributed by atoms with van der Waals surface area (Å²) in [6.07, 6.45) is 0. The molecule has 0 unspecified atom stereocenters. The zero-order chi connectivity index (χ0) is 18.9. The third-order valence-corrected chi connectivity index (χ3v) is 4.52. The Morgan fingerprint density at radius 1 is 1.23 bits per heavy atom. The number of hydrogen-bond donors (Lipinski definition) is 1. The number of benzene rings is 2. The van der Waals surface area contributed by atoms with Crippen molar-refractivity contribution >= 4 is 23.2 Å². The molecule has 2 aromatic carbocycles. The van der Waals surface area contributed by atoms with Gasteiger partial charge in [0.1, 0.15) is 12.4 Å². The van der Waals surface area contributed by atoms with Crippen LogP contribution in [0.15, 0.2) is 42.5 Å². The van der Waals surface area contributed by atoms with Crippen LogP contribution in [0.2, 0.25) is 0 Å². The predicted molar refractivity (Wildman–Crippen MR) is 103 cm³/mol. The van der Waals surface area contributed by atoms with Crippen LogP contribution in [0.1, 0.15) is 36.7 Å². The van der Waals surface area contributed by atoms with Crippen molar-refractivity contribution in [1.29, 1.82) is 0 Å². The van der Waals surface area contributed by atoms with Crippen molar-refractivity contribution in [2.24, 2.45) is 5.41 Å². The number of nitrogens with zero attached hydrogens (tertiary/aromatic N) is 1. The van der Waals surface area contributed by atoms with E-state index < -0.39 is 5.41 Å². The van der Waals surface area contributed by atoms with Gasteiger partial charge in [-0.15, -0.1) is 0 Å². The maximum atomic E-state index is 12.7. The molecule has 0 saturated carbocycles. The molecule has 5 heteroatoms. The zero-order valence-corrected chi connectivity index (χ0v) is 15.6. The molecule has 2 amide bonds. The van der Waals surface area contributed by atoms with Crippen LogP contribution in [0.4, 0.5) is 11.4 Å². The molecule has 1 N–H and O–H groups in total. The van der Waals surface area contributed by atoms with Gasteiger partial charge in [0.2, 0.25) is 5.91 Å². The van der Waals surface area contributed by atoms with Crippen molar-refractivity contribution in [3.8, 4) is 5.75 Å². The number of nitrogens with one attached hydrogen (secondary N) is 1. The number of ether oxygens (including phenoxy) is 1. The number of carbonyl (C=O) groups excluding carboxylic acids is 2. The summed E-state index contributed by atoms with van der Waals surface area (Å²) in [5.74, 6) is 0.467. The van der Waals surface area contributed by atoms with Gasteiger partial charge in [-0.3, -0.25) is 9.59 Å². The van der Waals surface area contributed by atoms with Crippen molar-refractivity contribution in [2.75, 3.05) is 23.4 Å². The maximum Gasteiger partial charge on any atom is 0.255 e. The summed E-state index contributed by atoms with van der Waals surface area (Å²) in [6, 6.07) is 12.8. The molecule has 0 atom stereocenters. The lowest BCUT2D eigenvalue weighted by Gasteiger charge is -2.26. The Morgan fingerprint density at radius 2 is 2.00 bits per heavy atom. The standard InChI is InChI=1S/C21H24N2O3/c1-5-23-17-10-9-16(12-18(17)26-13-21(3,4)20(23)25)22-19(24)15-8-6-7-14(2)11-15/h6-12H,5,13H2,1-4H3,(H,22,24). The van der Waals surface area contributed by atoms with Gasteiger partial charge in [0.15, 0.2) is 0 Å². The first-order chi connectivity index (χ1) is 12.3. The molecule has 0 radical (unpaired) electrons. The Kier molecular flexibility index (Phi) is 4.72. The third-order valence-electron chi connectivity index (χ3n) is 4.52. The second kappa shape index (κ2) is 6.83. The molecular weight excluding hydrogens is 328 g/mol. The summed E-state index contributed by atoms with van der Waals surface area (Å²) < 4.78 is 5.90. The summed E-state index contributed by atoms with van der Waals surface area (Å²) in [7, 11) is 0. The average molecular weight is 352 g/mol. The highest BCUT2D eigenvalue weighted by molar-refractivity contribution is 6.05. The van der Waals surface area contributed by atoms with E-state index in [9.17, 15) is 9.59 Å². The molecule has 1 aliphatic rings. The van der Waals surface area contributed by atoms with Gasteiger partial charge in [-0.1, -0.05) is 17.7 Å². The summed E-state index contributed by atoms with van der Waals surface area (Å²) >= 11 is 0. The molecule has 3 rings (SSSR count). The Morgan fingerprint density at radius 3 is 2.69 bits per heavy atom. The van der Waals surface area contributed by atoms with E-state index in [2.05, 4.69) is 5.32 Å². The largest absolute Gasteiger partial charge is 0.490 e. The highest BCUT2D eigenvalue weighted by Gasteiger charge is 2.37. The minimum Gasteiger partial charge on any atom is -0.490 e. The summed E-state index contributed by atoms with van der Waals surface area (Å²) in [6.45, 7) is 8.51. The van der Waals surface area contributed by atoms with Crippen LogP contribution >= 0.6 is 0 Å². The maximum absolute atomic E-state index is 12.7. The van der Waals surface area contributed by atoms with Crippen LogP contribution in [-0.2, 0) is 4.79 Å². The van der Waals surface area contributed by atoms with Gasteiger partial charge in [0.05, 0.1) is 11.1 Å². The van der Waals surface area contributed by atoms with E-state index in [4.69, 9.17) is 4.74 Å². The summed E-state index contributed by atoms with van der Waals surface area (Å²) in [4.78, 5) is 26.9. The molecule has 1 heterocycles. The van der Waals surface area contributed by atoms with E-state index in [0.29, 0.717) is 30.2 Å². The van der Waals surface area contributed by atoms with Crippen molar-refractivity contribution in [3.05, 3.63) is 53.6 Å². The molecule has 0 bridgehead atoms. The smallest absolute Gasteiger partial charge is 0.255 e. The van der Waals surface area contributed by atoms with Gasteiger partial charge in [-0.2, -0.15) is 0 Å². The van der Waals surface area contributed by atoms with E-state index in [-0.39, 0.29) is 11.8 Å². The fourth-order valence-electron chi connectivity index (χ4n) is 3.03. The fraction of sp³-hybridized carbons (Fsp3) is 0.333. The van der Waals surface area contributed by atoms with Crippen molar-refractivity contribution in [1.82, 2.24) is 0 Å². The molecule has 0 aromatic heterocycles. The van der Waals surface area contributed by atoms with Crippen LogP contribution in [0.3, 0.4) is 0 Å². The Hall–Kier alpha value is -2.82. The van der Waals surface area contributed by atoms with Gasteiger partial charge in [-0.25, -0.2) is 0 Å². The average Bonchev–Trinajstić information content (AvgIpc) is 2.70. The normalized spacial score (nSPS) is 15.7. The Labute approximate surface area is 154 Å². The molecule has 0 fully saturated rings. The molecule has 0 spiro atoms. The van der Waals surface area contributed by atoms with Crippen LogP contribution < -0.4 is 15.0 Å². The molecule has 5 nitrogen and oxygen atoms in total. The van der Waals surface area contributed by atoms with Gasteiger partial charge < -0.3 is 15.0 Å². The highest BCUT2D eigenvalue weighted by Crippen LogP contribution is 2.38. The molecule has 136 valence electrons. The Balaban J connectivity index is 1.88. The van der Waals surface area contributed by atoms with E-state index in [1.807, 2.05) is 52.0 Å². The summed E-state index contributed by atoms with van der Waals surface area (Å²) in [5, 5.41) is 2.90. The molecule has 0 aliphatic carbocycles. The molecule has 0 saturated heterocycles. The molecule has 1 aliphatic heterocycles. The van der Waals surface area contributed by atoms with E-state index >= 15 is 0 Å². The fourth-order valence-corrected chi connectivity index (χ4v) is 3.03. The van der Waals surface area contributed by atoms with Crippen molar-refractivity contribution in [3.63, 3.8) is 0 Å². The number of carbonyl (C=O) groups is 2. The predicted octanol–water partition coefficient (Wildman–Crippen LogP) is 4.02. The summed E-state index contributed by atoms with van der Waals surface area (Å²) in [5.41, 5.74) is 2.41. The highest BCUT2D eigenvalue weighted by atomic mass is 16.5. The first-order valence-corrected chi connectivity index (χ1v) is 8.78. The first-order valence-electron chi connectivity index (χ1n) is 8.78. The second-order valence-corrected chi connectivity index (χ2v) is 7.23. The number of fused-ring (bicyclic) bond motifs is 1. The lowest BCUT2D eigenvalue weighted by Crippen LogP contribution is -2.42. The van der Waals surface area contributed by atoms with Gasteiger partial charge in [0.25, 0.3) is 5.91 Å². The lowest BCUT2D eigenvalue weighted by molar-refractivity contribution is -0.127. The van der Waals surface area contributed by atoms with Crippen LogP contribution in [0.25, 0.3) is 0 Å². The number of anilines is 2. The topological polar surface area (TPSA) is 58.6 Å². The van der Waals surface area contributed by atoms with Crippen LogP contribution in [-0.4, -0.2) is 25.0 Å². The minimum atomic E-state index is -0.597. The van der Waals surface area contributed by atoms with Crippen LogP contribution in [0, 0.1) is 12.3 Å². The van der Waals surface area contributed by atoms with Gasteiger partial charge in [0, 0.05) is 23.9 Å². The second-order valence-electron chi connectivity index (χ2n) is 7.23. The Bertz CT molecular complexity index is 858. The molecular formula is C21H24N2O3. The first kappa shape index (κ1) is 18.0. The molecule has 2 aromatic rings. The van der Waals surface area contributed by atoms with Crippen LogP contribution in [0.5, 0.6) is 5.75 Å². The number of amides is 2. The number of aryl methyl sites for hydroxylation is 1. The van der Waals surface area contributed by atoms with Crippen molar-refractivity contribution < 1.29 is 14.3 Å². The van der Waals surface area contributed by atoms with Gasteiger partial charge in [-0.05, 0) is 52.0 Å². The van der Waals surface area contributed by atoms with E-state index in [1.54, 1.807) is 23.1 Å². The monoisotopic (exact) mass is 352 g/mol.